The number of amides is 2. The molecule has 0 saturated carbocycles. The van der Waals surface area contributed by atoms with E-state index < -0.39 is 11.8 Å². The van der Waals surface area contributed by atoms with Gasteiger partial charge in [-0.25, -0.2) is 0 Å². The predicted molar refractivity (Wildman–Crippen MR) is 103 cm³/mol. The third kappa shape index (κ3) is 5.42. The molecule has 0 aliphatic carbocycles. The Morgan fingerprint density at radius 2 is 1.68 bits per heavy atom. The van der Waals surface area contributed by atoms with Crippen LogP contribution in [0.25, 0.3) is 6.08 Å². The summed E-state index contributed by atoms with van der Waals surface area (Å²) in [5.74, 6) is -0.741. The van der Waals surface area contributed by atoms with Crippen molar-refractivity contribution in [2.75, 3.05) is 6.61 Å². The van der Waals surface area contributed by atoms with Crippen LogP contribution < -0.4 is 15.4 Å². The number of thiocarbonyl (C=S) groups is 1. The first kappa shape index (κ1) is 19.7. The summed E-state index contributed by atoms with van der Waals surface area (Å²) in [6.07, 6.45) is 5.71. The van der Waals surface area contributed by atoms with Gasteiger partial charge >= 0.3 is 0 Å². The molecule has 0 unspecified atom stereocenters. The summed E-state index contributed by atoms with van der Waals surface area (Å²) < 4.78 is 5.66. The molecule has 2 N–H and O–H groups in total. The SMILES string of the molecule is CCCCCCOc1c(Cl)cc(C=C2C(=O)NC(=S)NC2=O)cc1Cl. The van der Waals surface area contributed by atoms with Crippen LogP contribution in [0, 0.1) is 0 Å². The molecule has 0 aromatic heterocycles. The van der Waals surface area contributed by atoms with E-state index in [9.17, 15) is 9.59 Å². The molecule has 0 bridgehead atoms. The van der Waals surface area contributed by atoms with Gasteiger partial charge in [-0.05, 0) is 42.4 Å². The summed E-state index contributed by atoms with van der Waals surface area (Å²) in [4.78, 5) is 23.7. The number of carbonyl (C=O) groups excluding carboxylic acids is 2. The van der Waals surface area contributed by atoms with Crippen molar-refractivity contribution in [2.45, 2.75) is 32.6 Å². The maximum Gasteiger partial charge on any atom is 0.263 e. The number of rotatable bonds is 7. The zero-order valence-corrected chi connectivity index (χ0v) is 16.0. The van der Waals surface area contributed by atoms with E-state index in [1.807, 2.05) is 0 Å². The largest absolute Gasteiger partial charge is 0.490 e. The average Bonchev–Trinajstić information content (AvgIpc) is 2.53. The van der Waals surface area contributed by atoms with Gasteiger partial charge in [0.1, 0.15) is 5.57 Å². The molecule has 1 aromatic rings. The topological polar surface area (TPSA) is 67.4 Å². The molecule has 0 atom stereocenters. The minimum Gasteiger partial charge on any atom is -0.490 e. The molecule has 8 heteroatoms. The average molecular weight is 401 g/mol. The molecule has 0 spiro atoms. The fourth-order valence-electron chi connectivity index (χ4n) is 2.28. The van der Waals surface area contributed by atoms with Crippen LogP contribution in [0.1, 0.15) is 38.2 Å². The van der Waals surface area contributed by atoms with Crippen molar-refractivity contribution >= 4 is 58.4 Å². The van der Waals surface area contributed by atoms with Gasteiger partial charge in [-0.15, -0.1) is 0 Å². The van der Waals surface area contributed by atoms with E-state index in [4.69, 9.17) is 40.2 Å². The standard InChI is InChI=1S/C17H18Cl2N2O3S/c1-2-3-4-5-6-24-14-12(18)8-10(9-13(14)19)7-11-15(22)20-17(25)21-16(11)23/h7-9H,2-6H2,1H3,(H2,20,21,22,23,25). The van der Waals surface area contributed by atoms with Gasteiger partial charge in [-0.2, -0.15) is 0 Å². The third-order valence-corrected chi connectivity index (χ3v) is 4.28. The molecule has 1 fully saturated rings. The minimum absolute atomic E-state index is 0.0185. The molecule has 1 heterocycles. The van der Waals surface area contributed by atoms with E-state index in [1.54, 1.807) is 12.1 Å². The fraction of sp³-hybridized carbons (Fsp3) is 0.353. The van der Waals surface area contributed by atoms with Crippen molar-refractivity contribution in [3.8, 4) is 5.75 Å². The first-order chi connectivity index (χ1) is 11.9. The Kier molecular flexibility index (Phi) is 7.23. The van der Waals surface area contributed by atoms with Gasteiger partial charge in [0, 0.05) is 0 Å². The van der Waals surface area contributed by atoms with Crippen LogP contribution in [-0.2, 0) is 9.59 Å². The zero-order chi connectivity index (χ0) is 18.4. The Balaban J connectivity index is 2.13. The van der Waals surface area contributed by atoms with Crippen molar-refractivity contribution in [1.82, 2.24) is 10.6 Å². The summed E-state index contributed by atoms with van der Waals surface area (Å²) in [5, 5.41) is 5.36. The van der Waals surface area contributed by atoms with E-state index >= 15 is 0 Å². The lowest BCUT2D eigenvalue weighted by Gasteiger charge is -2.16. The van der Waals surface area contributed by atoms with Crippen molar-refractivity contribution in [3.63, 3.8) is 0 Å². The number of benzene rings is 1. The van der Waals surface area contributed by atoms with Gasteiger partial charge < -0.3 is 4.74 Å². The summed E-state index contributed by atoms with van der Waals surface area (Å²) in [6, 6.07) is 3.19. The monoisotopic (exact) mass is 400 g/mol. The summed E-state index contributed by atoms with van der Waals surface area (Å²) in [6.45, 7) is 2.67. The van der Waals surface area contributed by atoms with Crippen LogP contribution in [0.3, 0.4) is 0 Å². The van der Waals surface area contributed by atoms with Gasteiger partial charge in [0.15, 0.2) is 10.9 Å². The smallest absolute Gasteiger partial charge is 0.263 e. The summed E-state index contributed by atoms with van der Waals surface area (Å²) in [5.41, 5.74) is 0.440. The number of carbonyl (C=O) groups is 2. The van der Waals surface area contributed by atoms with Crippen LogP contribution in [0.4, 0.5) is 0 Å². The van der Waals surface area contributed by atoms with Crippen LogP contribution in [0.15, 0.2) is 17.7 Å². The highest BCUT2D eigenvalue weighted by atomic mass is 35.5. The summed E-state index contributed by atoms with van der Waals surface area (Å²) >= 11 is 17.2. The second kappa shape index (κ2) is 9.17. The highest BCUT2D eigenvalue weighted by molar-refractivity contribution is 7.80. The van der Waals surface area contributed by atoms with Crippen LogP contribution in [-0.4, -0.2) is 23.5 Å². The number of hydrogen-bond donors (Lipinski definition) is 2. The second-order valence-corrected chi connectivity index (χ2v) is 6.74. The second-order valence-electron chi connectivity index (χ2n) is 5.52. The minimum atomic E-state index is -0.572. The maximum absolute atomic E-state index is 11.9. The number of ether oxygens (including phenoxy) is 1. The van der Waals surface area contributed by atoms with Crippen LogP contribution in [0.5, 0.6) is 5.75 Å². The van der Waals surface area contributed by atoms with E-state index in [0.29, 0.717) is 28.0 Å². The normalized spacial score (nSPS) is 14.2. The molecule has 5 nitrogen and oxygen atoms in total. The first-order valence-corrected chi connectivity index (χ1v) is 9.09. The van der Waals surface area contributed by atoms with Gasteiger partial charge in [0.05, 0.1) is 16.7 Å². The Bertz CT molecular complexity index is 690. The molecule has 1 aliphatic rings. The van der Waals surface area contributed by atoms with Crippen LogP contribution >= 0.6 is 35.4 Å². The van der Waals surface area contributed by atoms with Crippen molar-refractivity contribution in [2.24, 2.45) is 0 Å². The highest BCUT2D eigenvalue weighted by Crippen LogP contribution is 2.35. The molecule has 2 amide bonds. The Labute approximate surface area is 161 Å². The number of nitrogens with one attached hydrogen (secondary N) is 2. The lowest BCUT2D eigenvalue weighted by atomic mass is 10.1. The summed E-state index contributed by atoms with van der Waals surface area (Å²) in [7, 11) is 0. The number of unbranched alkanes of at least 4 members (excludes halogenated alkanes) is 3. The number of hydrogen-bond acceptors (Lipinski definition) is 4. The zero-order valence-electron chi connectivity index (χ0n) is 13.7. The van der Waals surface area contributed by atoms with Gasteiger partial charge in [0.25, 0.3) is 11.8 Å². The predicted octanol–water partition coefficient (Wildman–Crippen LogP) is 3.87. The molecular formula is C17H18Cl2N2O3S. The van der Waals surface area contributed by atoms with Gasteiger partial charge in [-0.1, -0.05) is 49.4 Å². The first-order valence-electron chi connectivity index (χ1n) is 7.92. The molecule has 0 radical (unpaired) electrons. The molecule has 1 saturated heterocycles. The Morgan fingerprint density at radius 1 is 1.08 bits per heavy atom. The molecule has 25 heavy (non-hydrogen) atoms. The van der Waals surface area contributed by atoms with E-state index in [0.717, 1.165) is 25.7 Å². The molecule has 134 valence electrons. The van der Waals surface area contributed by atoms with Crippen molar-refractivity contribution in [3.05, 3.63) is 33.3 Å². The lowest BCUT2D eigenvalue weighted by molar-refractivity contribution is -0.123. The highest BCUT2D eigenvalue weighted by Gasteiger charge is 2.25. The van der Waals surface area contributed by atoms with Crippen molar-refractivity contribution < 1.29 is 14.3 Å². The van der Waals surface area contributed by atoms with Crippen LogP contribution in [0.2, 0.25) is 10.0 Å². The Morgan fingerprint density at radius 3 is 2.24 bits per heavy atom. The number of halogens is 2. The Hall–Kier alpha value is -1.63. The molecular weight excluding hydrogens is 383 g/mol. The lowest BCUT2D eigenvalue weighted by Crippen LogP contribution is -2.51. The maximum atomic E-state index is 11.9. The molecule has 1 aliphatic heterocycles. The fourth-order valence-corrected chi connectivity index (χ4v) is 3.08. The molecule has 2 rings (SSSR count). The van der Waals surface area contributed by atoms with Gasteiger partial charge in [-0.3, -0.25) is 20.2 Å². The van der Waals surface area contributed by atoms with E-state index in [-0.39, 0.29) is 10.7 Å². The molecule has 1 aromatic carbocycles. The van der Waals surface area contributed by atoms with E-state index in [1.165, 1.54) is 6.08 Å². The third-order valence-electron chi connectivity index (χ3n) is 3.52. The van der Waals surface area contributed by atoms with Crippen molar-refractivity contribution in [1.29, 1.82) is 0 Å². The quantitative estimate of drug-likeness (QED) is 0.315. The van der Waals surface area contributed by atoms with Gasteiger partial charge in [0.2, 0.25) is 0 Å². The van der Waals surface area contributed by atoms with E-state index in [2.05, 4.69) is 17.6 Å².